The first kappa shape index (κ1) is 23.7. The number of nitrogens with zero attached hydrogens (tertiary/aromatic N) is 2. The van der Waals surface area contributed by atoms with E-state index in [9.17, 15) is 14.4 Å². The molecule has 0 saturated heterocycles. The number of amides is 2. The van der Waals surface area contributed by atoms with E-state index in [1.54, 1.807) is 4.57 Å². The molecule has 0 atom stereocenters. The van der Waals surface area contributed by atoms with E-state index in [4.69, 9.17) is 15.3 Å². The van der Waals surface area contributed by atoms with Gasteiger partial charge in [0.25, 0.3) is 11.5 Å². The summed E-state index contributed by atoms with van der Waals surface area (Å²) < 4.78 is 12.7. The van der Waals surface area contributed by atoms with Crippen LogP contribution in [0.5, 0.6) is 5.75 Å². The molecule has 0 unspecified atom stereocenters. The smallest absolute Gasteiger partial charge is 0.408 e. The molecule has 4 N–H and O–H groups in total. The van der Waals surface area contributed by atoms with Crippen LogP contribution in [0.3, 0.4) is 0 Å². The van der Waals surface area contributed by atoms with Crippen molar-refractivity contribution in [2.75, 3.05) is 6.61 Å². The molecule has 2 bridgehead atoms. The van der Waals surface area contributed by atoms with E-state index in [1.165, 1.54) is 0 Å². The van der Waals surface area contributed by atoms with E-state index in [0.29, 0.717) is 25.2 Å². The fourth-order valence-electron chi connectivity index (χ4n) is 4.71. The Morgan fingerprint density at radius 3 is 2.65 bits per heavy atom. The van der Waals surface area contributed by atoms with Gasteiger partial charge in [-0.3, -0.25) is 19.6 Å². The number of alkyl carbamates (subject to hydrolysis) is 1. The molecule has 10 nitrogen and oxygen atoms in total. The van der Waals surface area contributed by atoms with Gasteiger partial charge < -0.3 is 14.8 Å². The molecule has 0 radical (unpaired) electrons. The van der Waals surface area contributed by atoms with Crippen LogP contribution in [0.4, 0.5) is 4.79 Å². The SMILES string of the molecule is CCCCOc1c(C(=O)NN)nc2n(c1=O)CC1CCC2(NC(=O)OCc2ccccc2)CC1. The van der Waals surface area contributed by atoms with Gasteiger partial charge in [0.15, 0.2) is 5.69 Å². The molecule has 2 aliphatic heterocycles. The van der Waals surface area contributed by atoms with Crippen molar-refractivity contribution in [3.63, 3.8) is 0 Å². The number of unbranched alkanes of at least 4 members (excludes halogenated alkanes) is 1. The highest BCUT2D eigenvalue weighted by Gasteiger charge is 2.46. The molecular formula is C24H31N5O5. The molecule has 2 aromatic rings. The molecule has 1 aromatic carbocycles. The van der Waals surface area contributed by atoms with Crippen LogP contribution in [0, 0.1) is 5.92 Å². The predicted octanol–water partition coefficient (Wildman–Crippen LogP) is 2.35. The first-order valence-corrected chi connectivity index (χ1v) is 11.8. The van der Waals surface area contributed by atoms with Gasteiger partial charge in [-0.25, -0.2) is 15.6 Å². The van der Waals surface area contributed by atoms with Gasteiger partial charge >= 0.3 is 6.09 Å². The Bertz CT molecular complexity index is 1090. The molecular weight excluding hydrogens is 438 g/mol. The maximum absolute atomic E-state index is 13.5. The zero-order valence-electron chi connectivity index (χ0n) is 19.3. The van der Waals surface area contributed by atoms with E-state index in [0.717, 1.165) is 31.2 Å². The number of benzene rings is 1. The minimum atomic E-state index is -0.925. The summed E-state index contributed by atoms with van der Waals surface area (Å²) in [6.45, 7) is 2.87. The van der Waals surface area contributed by atoms with Gasteiger partial charge in [0.1, 0.15) is 18.0 Å². The highest BCUT2D eigenvalue weighted by molar-refractivity contribution is 5.94. The average molecular weight is 470 g/mol. The zero-order chi connectivity index (χ0) is 24.1. The summed E-state index contributed by atoms with van der Waals surface area (Å²) in [5.41, 5.74) is 1.40. The quantitative estimate of drug-likeness (QED) is 0.233. The molecule has 3 aliphatic rings. The van der Waals surface area contributed by atoms with E-state index in [2.05, 4.69) is 15.7 Å². The first-order valence-electron chi connectivity index (χ1n) is 11.8. The summed E-state index contributed by atoms with van der Waals surface area (Å²) in [5, 5.41) is 2.98. The third-order valence-corrected chi connectivity index (χ3v) is 6.60. The van der Waals surface area contributed by atoms with E-state index in [-0.39, 0.29) is 30.6 Å². The summed E-state index contributed by atoms with van der Waals surface area (Å²) >= 11 is 0. The summed E-state index contributed by atoms with van der Waals surface area (Å²) in [6, 6.07) is 9.38. The number of hydrogen-bond donors (Lipinski definition) is 3. The van der Waals surface area contributed by atoms with Gasteiger partial charge in [0.2, 0.25) is 5.75 Å². The van der Waals surface area contributed by atoms with Crippen molar-refractivity contribution in [2.45, 2.75) is 64.1 Å². The number of rotatable bonds is 8. The van der Waals surface area contributed by atoms with E-state index >= 15 is 0 Å². The number of carbonyl (C=O) groups is 2. The summed E-state index contributed by atoms with van der Waals surface area (Å²) in [5.74, 6) is 5.17. The lowest BCUT2D eigenvalue weighted by molar-refractivity contribution is 0.0941. The van der Waals surface area contributed by atoms with Crippen LogP contribution in [-0.4, -0.2) is 28.2 Å². The van der Waals surface area contributed by atoms with Crippen LogP contribution in [0.25, 0.3) is 0 Å². The van der Waals surface area contributed by atoms with Crippen LogP contribution in [0.2, 0.25) is 0 Å². The highest BCUT2D eigenvalue weighted by atomic mass is 16.5. The fourth-order valence-corrected chi connectivity index (χ4v) is 4.71. The lowest BCUT2D eigenvalue weighted by Crippen LogP contribution is -2.50. The normalized spacial score (nSPS) is 20.7. The van der Waals surface area contributed by atoms with E-state index in [1.807, 2.05) is 37.3 Å². The Morgan fingerprint density at radius 2 is 1.97 bits per heavy atom. The Balaban J connectivity index is 1.68. The lowest BCUT2D eigenvalue weighted by Gasteiger charge is -2.36. The molecule has 2 amide bonds. The monoisotopic (exact) mass is 469 g/mol. The van der Waals surface area contributed by atoms with Gasteiger partial charge in [0.05, 0.1) is 6.61 Å². The second-order valence-corrected chi connectivity index (χ2v) is 8.92. The Hall–Kier alpha value is -3.40. The number of carbonyl (C=O) groups excluding carboxylic acids is 2. The maximum Gasteiger partial charge on any atom is 0.408 e. The standard InChI is InChI=1S/C24H31N5O5/c1-2-3-13-33-19-18(20(30)28-25)26-22-24(11-9-16(10-12-24)14-29(22)21(19)31)27-23(32)34-15-17-7-5-4-6-8-17/h4-8,16H,2-3,9-15,25H2,1H3,(H,27,32)(H,28,30). The predicted molar refractivity (Wildman–Crippen MR) is 124 cm³/mol. The topological polar surface area (TPSA) is 138 Å². The largest absolute Gasteiger partial charge is 0.486 e. The van der Waals surface area contributed by atoms with Crippen molar-refractivity contribution in [3.8, 4) is 5.75 Å². The lowest BCUT2D eigenvalue weighted by atomic mass is 9.77. The van der Waals surface area contributed by atoms with Crippen molar-refractivity contribution in [2.24, 2.45) is 11.8 Å². The minimum Gasteiger partial charge on any atom is -0.486 e. The Kier molecular flexibility index (Phi) is 7.16. The van der Waals surface area contributed by atoms with Crippen LogP contribution >= 0.6 is 0 Å². The first-order chi connectivity index (χ1) is 16.5. The van der Waals surface area contributed by atoms with Gasteiger partial charge in [-0.1, -0.05) is 43.7 Å². The van der Waals surface area contributed by atoms with Gasteiger partial charge in [-0.05, 0) is 43.6 Å². The molecule has 5 rings (SSSR count). The van der Waals surface area contributed by atoms with Gasteiger partial charge in [-0.15, -0.1) is 0 Å². The number of hydrazine groups is 1. The molecule has 10 heteroatoms. The van der Waals surface area contributed by atoms with Crippen LogP contribution in [-0.2, 0) is 23.4 Å². The molecule has 182 valence electrons. The highest BCUT2D eigenvalue weighted by Crippen LogP contribution is 2.43. The van der Waals surface area contributed by atoms with Crippen molar-refractivity contribution in [1.29, 1.82) is 0 Å². The second-order valence-electron chi connectivity index (χ2n) is 8.92. The fraction of sp³-hybridized carbons (Fsp3) is 0.500. The maximum atomic E-state index is 13.5. The number of nitrogens with two attached hydrogens (primary N) is 1. The van der Waals surface area contributed by atoms with Crippen LogP contribution in [0.15, 0.2) is 35.1 Å². The number of fused-ring (bicyclic) bond motifs is 2. The number of ether oxygens (including phenoxy) is 2. The number of nitrogens with one attached hydrogen (secondary N) is 2. The van der Waals surface area contributed by atoms with E-state index < -0.39 is 23.1 Å². The Morgan fingerprint density at radius 1 is 1.24 bits per heavy atom. The van der Waals surface area contributed by atoms with Crippen molar-refractivity contribution in [3.05, 3.63) is 57.8 Å². The third-order valence-electron chi connectivity index (χ3n) is 6.60. The summed E-state index contributed by atoms with van der Waals surface area (Å²) in [6.07, 6.45) is 3.80. The number of nitrogen functional groups attached to an aromatic ring is 1. The van der Waals surface area contributed by atoms with Crippen LogP contribution < -0.4 is 26.9 Å². The van der Waals surface area contributed by atoms with Gasteiger partial charge in [-0.2, -0.15) is 0 Å². The average Bonchev–Trinajstić information content (AvgIpc) is 3.10. The van der Waals surface area contributed by atoms with Crippen molar-refractivity contribution in [1.82, 2.24) is 20.3 Å². The molecule has 1 saturated carbocycles. The third kappa shape index (κ3) is 4.77. The molecule has 34 heavy (non-hydrogen) atoms. The molecule has 1 fully saturated rings. The molecule has 1 aliphatic carbocycles. The summed E-state index contributed by atoms with van der Waals surface area (Å²) in [7, 11) is 0. The molecule has 3 heterocycles. The molecule has 1 aromatic heterocycles. The second kappa shape index (κ2) is 10.3. The van der Waals surface area contributed by atoms with Crippen molar-refractivity contribution >= 4 is 12.0 Å². The molecule has 0 spiro atoms. The van der Waals surface area contributed by atoms with Crippen molar-refractivity contribution < 1.29 is 19.1 Å². The van der Waals surface area contributed by atoms with Gasteiger partial charge in [0, 0.05) is 6.54 Å². The number of hydrogen-bond acceptors (Lipinski definition) is 7. The minimum absolute atomic E-state index is 0.108. The number of aromatic nitrogens is 2. The Labute approximate surface area is 197 Å². The summed E-state index contributed by atoms with van der Waals surface area (Å²) in [4.78, 5) is 43.4. The van der Waals surface area contributed by atoms with Crippen LogP contribution in [0.1, 0.15) is 67.3 Å². The zero-order valence-corrected chi connectivity index (χ0v) is 19.3.